The number of nitrogens with zero attached hydrogens (tertiary/aromatic N) is 1. The molecule has 1 aromatic rings. The molecule has 6 heteroatoms. The lowest BCUT2D eigenvalue weighted by Gasteiger charge is -2.24. The van der Waals surface area contributed by atoms with E-state index in [1.807, 2.05) is 11.4 Å². The van der Waals surface area contributed by atoms with E-state index >= 15 is 0 Å². The third-order valence-corrected chi connectivity index (χ3v) is 3.33. The quantitative estimate of drug-likeness (QED) is 0.600. The molecule has 94 valence electrons. The number of ether oxygens (including phenoxy) is 1. The lowest BCUT2D eigenvalue weighted by molar-refractivity contribution is -0.159. The largest absolute Gasteiger partial charge is 0.362 e. The van der Waals surface area contributed by atoms with Gasteiger partial charge in [-0.15, -0.1) is 11.3 Å². The Kier molecular flexibility index (Phi) is 4.10. The third-order valence-electron chi connectivity index (χ3n) is 2.43. The van der Waals surface area contributed by atoms with Crippen LogP contribution in [-0.4, -0.2) is 36.5 Å². The number of nitrogens with two attached hydrogens (primary N) is 1. The molecule has 1 fully saturated rings. The van der Waals surface area contributed by atoms with Crippen LogP contribution in [0.3, 0.4) is 0 Å². The van der Waals surface area contributed by atoms with Gasteiger partial charge in [-0.3, -0.25) is 14.5 Å². The maximum absolute atomic E-state index is 11.6. The fraction of sp³-hybridized carbons (Fsp3) is 0.333. The highest BCUT2D eigenvalue weighted by Crippen LogP contribution is 2.19. The predicted octanol–water partition coefficient (Wildman–Crippen LogP) is -0.0563. The van der Waals surface area contributed by atoms with Crippen molar-refractivity contribution in [3.63, 3.8) is 0 Å². The minimum Gasteiger partial charge on any atom is -0.362 e. The summed E-state index contributed by atoms with van der Waals surface area (Å²) in [4.78, 5) is 25.3. The fourth-order valence-corrected chi connectivity index (χ4v) is 2.38. The van der Waals surface area contributed by atoms with E-state index in [1.54, 1.807) is 0 Å². The molecule has 0 aromatic carbocycles. The topological polar surface area (TPSA) is 72.6 Å². The molecular formula is C12H12N2O3S. The van der Waals surface area contributed by atoms with Gasteiger partial charge < -0.3 is 10.5 Å². The number of amides is 2. The van der Waals surface area contributed by atoms with Gasteiger partial charge in [-0.1, -0.05) is 11.8 Å². The zero-order chi connectivity index (χ0) is 13.0. The average Bonchev–Trinajstić information content (AvgIpc) is 2.79. The van der Waals surface area contributed by atoms with Crippen molar-refractivity contribution in [1.29, 1.82) is 0 Å². The highest BCUT2D eigenvalue weighted by molar-refractivity contribution is 7.10. The molecule has 1 aliphatic heterocycles. The molecule has 1 aromatic heterocycles. The molecule has 1 aliphatic rings. The predicted molar refractivity (Wildman–Crippen MR) is 66.6 cm³/mol. The van der Waals surface area contributed by atoms with Crippen LogP contribution in [0.1, 0.15) is 10.4 Å². The molecule has 0 atom stereocenters. The molecule has 5 nitrogen and oxygen atoms in total. The molecule has 2 rings (SSSR count). The Hall–Kier alpha value is -1.68. The van der Waals surface area contributed by atoms with E-state index in [-0.39, 0.29) is 38.1 Å². The number of carbonyl (C=O) groups is 2. The summed E-state index contributed by atoms with van der Waals surface area (Å²) in [6.45, 7) is 0.458. The molecule has 0 unspecified atom stereocenters. The van der Waals surface area contributed by atoms with Crippen molar-refractivity contribution >= 4 is 23.2 Å². The van der Waals surface area contributed by atoms with Crippen molar-refractivity contribution in [2.24, 2.45) is 5.73 Å². The Morgan fingerprint density at radius 3 is 2.78 bits per heavy atom. The van der Waals surface area contributed by atoms with Gasteiger partial charge in [0.2, 0.25) is 0 Å². The zero-order valence-corrected chi connectivity index (χ0v) is 10.5. The van der Waals surface area contributed by atoms with Crippen LogP contribution < -0.4 is 5.73 Å². The second kappa shape index (κ2) is 5.78. The summed E-state index contributed by atoms with van der Waals surface area (Å²) in [6.07, 6.45) is 0. The molecule has 1 saturated heterocycles. The molecule has 0 radical (unpaired) electrons. The van der Waals surface area contributed by atoms with E-state index < -0.39 is 0 Å². The highest BCUT2D eigenvalue weighted by Gasteiger charge is 2.27. The Morgan fingerprint density at radius 2 is 2.11 bits per heavy atom. The molecule has 18 heavy (non-hydrogen) atoms. The second-order valence-corrected chi connectivity index (χ2v) is 4.63. The van der Waals surface area contributed by atoms with Crippen LogP contribution in [0.15, 0.2) is 11.4 Å². The first-order chi connectivity index (χ1) is 8.72. The number of carbonyl (C=O) groups excluding carboxylic acids is 2. The molecule has 2 heterocycles. The standard InChI is InChI=1S/C12H12N2O3S/c13-4-1-2-9-3-5-18-10(9)6-14-11(15)7-17-8-12(14)16/h3,5H,4,6-8,13H2. The number of hydrogen-bond donors (Lipinski definition) is 1. The molecule has 2 amide bonds. The van der Waals surface area contributed by atoms with Gasteiger partial charge in [-0.25, -0.2) is 0 Å². The number of morpholine rings is 1. The maximum atomic E-state index is 11.6. The Morgan fingerprint density at radius 1 is 1.39 bits per heavy atom. The van der Waals surface area contributed by atoms with Crippen molar-refractivity contribution in [3.05, 3.63) is 21.9 Å². The van der Waals surface area contributed by atoms with E-state index in [0.717, 1.165) is 10.4 Å². The minimum absolute atomic E-state index is 0.0407. The summed E-state index contributed by atoms with van der Waals surface area (Å²) < 4.78 is 4.86. The van der Waals surface area contributed by atoms with E-state index in [1.165, 1.54) is 16.2 Å². The van der Waals surface area contributed by atoms with Crippen LogP contribution in [0.2, 0.25) is 0 Å². The van der Waals surface area contributed by atoms with Crippen molar-refractivity contribution in [3.8, 4) is 11.8 Å². The van der Waals surface area contributed by atoms with Gasteiger partial charge in [0.1, 0.15) is 13.2 Å². The highest BCUT2D eigenvalue weighted by atomic mass is 32.1. The lowest BCUT2D eigenvalue weighted by Crippen LogP contribution is -2.45. The first kappa shape index (κ1) is 12.8. The van der Waals surface area contributed by atoms with Gasteiger partial charge in [0.25, 0.3) is 11.8 Å². The van der Waals surface area contributed by atoms with E-state index in [2.05, 4.69) is 11.8 Å². The summed E-state index contributed by atoms with van der Waals surface area (Å²) in [5.41, 5.74) is 6.14. The monoisotopic (exact) mass is 264 g/mol. The van der Waals surface area contributed by atoms with Gasteiger partial charge in [0.05, 0.1) is 13.1 Å². The number of hydrogen-bond acceptors (Lipinski definition) is 5. The Labute approximate surface area is 109 Å². The van der Waals surface area contributed by atoms with E-state index in [4.69, 9.17) is 10.5 Å². The Balaban J connectivity index is 2.15. The van der Waals surface area contributed by atoms with E-state index in [9.17, 15) is 9.59 Å². The number of rotatable bonds is 2. The Bertz CT molecular complexity index is 511. The summed E-state index contributed by atoms with van der Waals surface area (Å²) >= 11 is 1.47. The smallest absolute Gasteiger partial charge is 0.255 e. The van der Waals surface area contributed by atoms with Crippen molar-refractivity contribution in [1.82, 2.24) is 4.90 Å². The van der Waals surface area contributed by atoms with Gasteiger partial charge in [-0.05, 0) is 11.4 Å². The molecule has 0 saturated carbocycles. The first-order valence-electron chi connectivity index (χ1n) is 5.38. The van der Waals surface area contributed by atoms with Crippen LogP contribution in [0.4, 0.5) is 0 Å². The molecule has 0 aliphatic carbocycles. The summed E-state index contributed by atoms with van der Waals surface area (Å²) in [5.74, 6) is 5.07. The van der Waals surface area contributed by atoms with Crippen molar-refractivity contribution < 1.29 is 14.3 Å². The summed E-state index contributed by atoms with van der Waals surface area (Å²) in [6, 6.07) is 1.86. The molecule has 0 spiro atoms. The van der Waals surface area contributed by atoms with Crippen LogP contribution in [-0.2, 0) is 20.9 Å². The van der Waals surface area contributed by atoms with Gasteiger partial charge in [0.15, 0.2) is 0 Å². The molecule has 2 N–H and O–H groups in total. The normalized spacial score (nSPS) is 15.5. The van der Waals surface area contributed by atoms with Crippen LogP contribution >= 0.6 is 11.3 Å². The van der Waals surface area contributed by atoms with Crippen molar-refractivity contribution in [2.45, 2.75) is 6.54 Å². The molecular weight excluding hydrogens is 252 g/mol. The summed E-state index contributed by atoms with van der Waals surface area (Å²) in [5, 5.41) is 1.88. The second-order valence-electron chi connectivity index (χ2n) is 3.63. The number of thiophene rings is 1. The maximum Gasteiger partial charge on any atom is 0.255 e. The fourth-order valence-electron chi connectivity index (χ4n) is 1.56. The molecule has 0 bridgehead atoms. The number of imide groups is 1. The van der Waals surface area contributed by atoms with E-state index in [0.29, 0.717) is 0 Å². The third kappa shape index (κ3) is 2.76. The van der Waals surface area contributed by atoms with Crippen LogP contribution in [0, 0.1) is 11.8 Å². The van der Waals surface area contributed by atoms with Crippen LogP contribution in [0.25, 0.3) is 0 Å². The van der Waals surface area contributed by atoms with Crippen molar-refractivity contribution in [2.75, 3.05) is 19.8 Å². The SMILES string of the molecule is NCC#Cc1ccsc1CN1C(=O)COCC1=O. The first-order valence-corrected chi connectivity index (χ1v) is 6.26. The van der Waals surface area contributed by atoms with Gasteiger partial charge in [0, 0.05) is 10.4 Å². The van der Waals surface area contributed by atoms with Gasteiger partial charge in [-0.2, -0.15) is 0 Å². The van der Waals surface area contributed by atoms with Gasteiger partial charge >= 0.3 is 0 Å². The lowest BCUT2D eigenvalue weighted by atomic mass is 10.2. The summed E-state index contributed by atoms with van der Waals surface area (Å²) in [7, 11) is 0. The van der Waals surface area contributed by atoms with Crippen LogP contribution in [0.5, 0.6) is 0 Å². The minimum atomic E-state index is -0.308. The average molecular weight is 264 g/mol. The zero-order valence-electron chi connectivity index (χ0n) is 9.64.